The second kappa shape index (κ2) is 5.36. The van der Waals surface area contributed by atoms with Crippen molar-refractivity contribution in [1.82, 2.24) is 9.78 Å². The lowest BCUT2D eigenvalue weighted by Gasteiger charge is -2.24. The highest BCUT2D eigenvalue weighted by Crippen LogP contribution is 2.30. The monoisotopic (exact) mass is 271 g/mol. The molecule has 0 amide bonds. The van der Waals surface area contributed by atoms with Crippen LogP contribution >= 0.6 is 0 Å². The van der Waals surface area contributed by atoms with E-state index in [4.69, 9.17) is 11.1 Å². The summed E-state index contributed by atoms with van der Waals surface area (Å²) in [4.78, 5) is 2.13. The fourth-order valence-corrected chi connectivity index (χ4v) is 2.52. The standard InChI is InChI=1S/C15H21N5/c1-5-20(12-8-6-7-10(2)9-12)15-13(14(16)17)11(3)18-19(15)4/h6-9H,5H2,1-4H3,(H3,16,17). The molecular weight excluding hydrogens is 250 g/mol. The summed E-state index contributed by atoms with van der Waals surface area (Å²) in [6, 6.07) is 8.28. The first kappa shape index (κ1) is 14.1. The minimum atomic E-state index is 0.0525. The van der Waals surface area contributed by atoms with Crippen LogP contribution in [0.3, 0.4) is 0 Å². The van der Waals surface area contributed by atoms with E-state index in [1.807, 2.05) is 20.0 Å². The highest BCUT2D eigenvalue weighted by Gasteiger charge is 2.21. The number of nitrogens with one attached hydrogen (secondary N) is 1. The van der Waals surface area contributed by atoms with Gasteiger partial charge in [0.2, 0.25) is 0 Å². The Morgan fingerprint density at radius 3 is 2.65 bits per heavy atom. The first-order chi connectivity index (χ1) is 9.45. The molecule has 0 fully saturated rings. The van der Waals surface area contributed by atoms with Crippen LogP contribution in [0.5, 0.6) is 0 Å². The first-order valence-corrected chi connectivity index (χ1v) is 6.68. The summed E-state index contributed by atoms with van der Waals surface area (Å²) in [5.74, 6) is 0.916. The fraction of sp³-hybridized carbons (Fsp3) is 0.333. The van der Waals surface area contributed by atoms with Crippen molar-refractivity contribution in [1.29, 1.82) is 5.41 Å². The second-order valence-corrected chi connectivity index (χ2v) is 4.90. The highest BCUT2D eigenvalue weighted by molar-refractivity contribution is 6.01. The molecular formula is C15H21N5. The number of hydrogen-bond donors (Lipinski definition) is 2. The fourth-order valence-electron chi connectivity index (χ4n) is 2.52. The Bertz CT molecular complexity index is 642. The van der Waals surface area contributed by atoms with Gasteiger partial charge in [-0.2, -0.15) is 5.10 Å². The smallest absolute Gasteiger partial charge is 0.142 e. The van der Waals surface area contributed by atoms with Crippen LogP contribution in [0.25, 0.3) is 0 Å². The van der Waals surface area contributed by atoms with E-state index >= 15 is 0 Å². The summed E-state index contributed by atoms with van der Waals surface area (Å²) < 4.78 is 1.79. The van der Waals surface area contributed by atoms with Crippen LogP contribution in [0.1, 0.15) is 23.7 Å². The van der Waals surface area contributed by atoms with Gasteiger partial charge in [-0.3, -0.25) is 10.1 Å². The molecule has 1 aromatic heterocycles. The molecule has 2 rings (SSSR count). The zero-order valence-corrected chi connectivity index (χ0v) is 12.4. The van der Waals surface area contributed by atoms with Crippen molar-refractivity contribution in [2.24, 2.45) is 12.8 Å². The molecule has 0 atom stereocenters. The summed E-state index contributed by atoms with van der Waals surface area (Å²) in [7, 11) is 1.88. The van der Waals surface area contributed by atoms with Crippen molar-refractivity contribution in [3.8, 4) is 0 Å². The predicted molar refractivity (Wildman–Crippen MR) is 82.8 cm³/mol. The molecule has 5 heteroatoms. The maximum atomic E-state index is 7.80. The lowest BCUT2D eigenvalue weighted by Crippen LogP contribution is -2.23. The zero-order valence-electron chi connectivity index (χ0n) is 12.4. The zero-order chi connectivity index (χ0) is 14.9. The quantitative estimate of drug-likeness (QED) is 0.663. The molecule has 3 N–H and O–H groups in total. The van der Waals surface area contributed by atoms with Crippen LogP contribution in [-0.2, 0) is 7.05 Å². The van der Waals surface area contributed by atoms with Crippen LogP contribution in [0.4, 0.5) is 11.5 Å². The Morgan fingerprint density at radius 1 is 1.40 bits per heavy atom. The summed E-state index contributed by atoms with van der Waals surface area (Å²) in [6.45, 7) is 6.80. The molecule has 0 aliphatic carbocycles. The molecule has 0 aliphatic heterocycles. The lowest BCUT2D eigenvalue weighted by molar-refractivity contribution is 0.742. The van der Waals surface area contributed by atoms with Gasteiger partial charge in [0.05, 0.1) is 11.3 Å². The van der Waals surface area contributed by atoms with Gasteiger partial charge >= 0.3 is 0 Å². The molecule has 0 aliphatic rings. The Morgan fingerprint density at radius 2 is 2.10 bits per heavy atom. The molecule has 2 aromatic rings. The molecule has 0 bridgehead atoms. The molecule has 1 heterocycles. The van der Waals surface area contributed by atoms with Crippen molar-refractivity contribution in [2.75, 3.05) is 11.4 Å². The lowest BCUT2D eigenvalue weighted by atomic mass is 10.1. The average molecular weight is 271 g/mol. The molecule has 0 radical (unpaired) electrons. The van der Waals surface area contributed by atoms with E-state index in [1.54, 1.807) is 4.68 Å². The van der Waals surface area contributed by atoms with E-state index in [9.17, 15) is 0 Å². The van der Waals surface area contributed by atoms with Crippen molar-refractivity contribution in [2.45, 2.75) is 20.8 Å². The maximum Gasteiger partial charge on any atom is 0.142 e. The van der Waals surface area contributed by atoms with Gasteiger partial charge in [-0.15, -0.1) is 0 Å². The first-order valence-electron chi connectivity index (χ1n) is 6.68. The van der Waals surface area contributed by atoms with E-state index in [2.05, 4.69) is 42.0 Å². The van der Waals surface area contributed by atoms with Crippen LogP contribution in [-0.4, -0.2) is 22.2 Å². The van der Waals surface area contributed by atoms with Crippen LogP contribution in [0, 0.1) is 19.3 Å². The maximum absolute atomic E-state index is 7.80. The minimum absolute atomic E-state index is 0.0525. The van der Waals surface area contributed by atoms with E-state index in [-0.39, 0.29) is 5.84 Å². The van der Waals surface area contributed by atoms with Crippen LogP contribution in [0.2, 0.25) is 0 Å². The molecule has 20 heavy (non-hydrogen) atoms. The number of amidine groups is 1. The van der Waals surface area contributed by atoms with Crippen LogP contribution < -0.4 is 10.6 Å². The van der Waals surface area contributed by atoms with Crippen molar-refractivity contribution in [3.63, 3.8) is 0 Å². The highest BCUT2D eigenvalue weighted by atomic mass is 15.4. The third-order valence-electron chi connectivity index (χ3n) is 3.35. The largest absolute Gasteiger partial charge is 0.384 e. The Kier molecular flexibility index (Phi) is 3.79. The molecule has 0 spiro atoms. The average Bonchev–Trinajstić information content (AvgIpc) is 2.66. The molecule has 5 nitrogen and oxygen atoms in total. The van der Waals surface area contributed by atoms with E-state index < -0.39 is 0 Å². The van der Waals surface area contributed by atoms with E-state index in [0.717, 1.165) is 23.7 Å². The second-order valence-electron chi connectivity index (χ2n) is 4.90. The number of nitrogens with two attached hydrogens (primary N) is 1. The molecule has 106 valence electrons. The number of anilines is 2. The van der Waals surface area contributed by atoms with E-state index in [0.29, 0.717) is 5.56 Å². The normalized spacial score (nSPS) is 10.6. The molecule has 1 aromatic carbocycles. The van der Waals surface area contributed by atoms with Crippen LogP contribution in [0.15, 0.2) is 24.3 Å². The summed E-state index contributed by atoms with van der Waals surface area (Å²) in [5, 5.41) is 12.2. The van der Waals surface area contributed by atoms with Gasteiger partial charge in [-0.1, -0.05) is 12.1 Å². The number of aryl methyl sites for hydroxylation is 3. The summed E-state index contributed by atoms with van der Waals surface area (Å²) in [6.07, 6.45) is 0. The number of nitrogen functional groups attached to an aromatic ring is 1. The van der Waals surface area contributed by atoms with Gasteiger partial charge in [0, 0.05) is 19.3 Å². The third kappa shape index (κ3) is 2.39. The van der Waals surface area contributed by atoms with Crippen molar-refractivity contribution in [3.05, 3.63) is 41.1 Å². The SMILES string of the molecule is CCN(c1cccc(C)c1)c1c(C(=N)N)c(C)nn1C. The summed E-state index contributed by atoms with van der Waals surface area (Å²) in [5.41, 5.74) is 9.50. The van der Waals surface area contributed by atoms with Crippen molar-refractivity contribution >= 4 is 17.3 Å². The molecule has 0 saturated heterocycles. The van der Waals surface area contributed by atoms with Crippen molar-refractivity contribution < 1.29 is 0 Å². The Labute approximate surface area is 119 Å². The Balaban J connectivity index is 2.61. The van der Waals surface area contributed by atoms with Gasteiger partial charge in [0.25, 0.3) is 0 Å². The molecule has 0 saturated carbocycles. The van der Waals surface area contributed by atoms with Gasteiger partial charge in [-0.05, 0) is 38.5 Å². The summed E-state index contributed by atoms with van der Waals surface area (Å²) >= 11 is 0. The number of benzene rings is 1. The number of hydrogen-bond acceptors (Lipinski definition) is 3. The van der Waals surface area contributed by atoms with Gasteiger partial charge < -0.3 is 10.6 Å². The number of rotatable bonds is 4. The predicted octanol–water partition coefficient (Wildman–Crippen LogP) is 2.48. The van der Waals surface area contributed by atoms with E-state index in [1.165, 1.54) is 5.56 Å². The van der Waals surface area contributed by atoms with Gasteiger partial charge in [0.1, 0.15) is 11.7 Å². The van der Waals surface area contributed by atoms with Gasteiger partial charge in [-0.25, -0.2) is 0 Å². The third-order valence-corrected chi connectivity index (χ3v) is 3.35. The number of nitrogens with zero attached hydrogens (tertiary/aromatic N) is 3. The minimum Gasteiger partial charge on any atom is -0.384 e. The Hall–Kier alpha value is -2.30. The molecule has 0 unspecified atom stereocenters. The topological polar surface area (TPSA) is 70.9 Å². The van der Waals surface area contributed by atoms with Gasteiger partial charge in [0.15, 0.2) is 0 Å². The number of aromatic nitrogens is 2.